The fourth-order valence-electron chi connectivity index (χ4n) is 4.37. The summed E-state index contributed by atoms with van der Waals surface area (Å²) in [6.07, 6.45) is 0.899. The zero-order valence-corrected chi connectivity index (χ0v) is 21.6. The van der Waals surface area contributed by atoms with Gasteiger partial charge in [0.2, 0.25) is 6.23 Å². The molecule has 0 aromatic heterocycles. The number of aliphatic hydroxyl groups excluding tert-OH is 1. The third kappa shape index (κ3) is 7.07. The monoisotopic (exact) mass is 495 g/mol. The Balaban J connectivity index is 1.69. The second-order valence-corrected chi connectivity index (χ2v) is 10.1. The van der Waals surface area contributed by atoms with Gasteiger partial charge in [-0.25, -0.2) is 4.79 Å². The van der Waals surface area contributed by atoms with E-state index in [4.69, 9.17) is 4.74 Å². The average molecular weight is 496 g/mol. The largest absolute Gasteiger partial charge is 0.444 e. The summed E-state index contributed by atoms with van der Waals surface area (Å²) >= 11 is 0. The van der Waals surface area contributed by atoms with Gasteiger partial charge in [0.15, 0.2) is 5.78 Å². The number of likely N-dealkylation sites (N-methyl/N-ethyl adjacent to an activating group) is 1. The molecular weight excluding hydrogens is 458 g/mol. The molecule has 2 aromatic carbocycles. The van der Waals surface area contributed by atoms with Crippen molar-refractivity contribution < 1.29 is 24.2 Å². The lowest BCUT2D eigenvalue weighted by Crippen LogP contribution is -2.44. The summed E-state index contributed by atoms with van der Waals surface area (Å²) in [7, 11) is 1.46. The van der Waals surface area contributed by atoms with E-state index in [0.29, 0.717) is 48.8 Å². The molecule has 1 aliphatic rings. The molecule has 8 heteroatoms. The number of likely N-dealkylation sites (tertiary alicyclic amines) is 1. The highest BCUT2D eigenvalue weighted by molar-refractivity contribution is 6.03. The topological polar surface area (TPSA) is 99.2 Å². The van der Waals surface area contributed by atoms with Gasteiger partial charge in [-0.05, 0) is 70.2 Å². The first-order valence-electron chi connectivity index (χ1n) is 12.4. The Bertz CT molecular complexity index is 1040. The van der Waals surface area contributed by atoms with Crippen LogP contribution in [0.2, 0.25) is 0 Å². The van der Waals surface area contributed by atoms with Crippen LogP contribution in [0, 0.1) is 5.92 Å². The summed E-state index contributed by atoms with van der Waals surface area (Å²) in [5.41, 5.74) is 1.01. The van der Waals surface area contributed by atoms with Gasteiger partial charge in [0.05, 0.1) is 5.69 Å². The molecule has 1 aliphatic heterocycles. The number of carbonyl (C=O) groups excluding carboxylic acids is 3. The summed E-state index contributed by atoms with van der Waals surface area (Å²) in [4.78, 5) is 41.2. The van der Waals surface area contributed by atoms with Gasteiger partial charge in [-0.15, -0.1) is 0 Å². The summed E-state index contributed by atoms with van der Waals surface area (Å²) < 4.78 is 5.46. The fourth-order valence-corrected chi connectivity index (χ4v) is 4.37. The number of rotatable bonds is 8. The van der Waals surface area contributed by atoms with Crippen LogP contribution in [-0.4, -0.2) is 59.8 Å². The predicted molar refractivity (Wildman–Crippen MR) is 139 cm³/mol. The van der Waals surface area contributed by atoms with Crippen LogP contribution in [0.15, 0.2) is 54.6 Å². The van der Waals surface area contributed by atoms with Crippen LogP contribution in [0.4, 0.5) is 16.2 Å². The van der Waals surface area contributed by atoms with Crippen molar-refractivity contribution in [2.75, 3.05) is 25.0 Å². The number of piperidine rings is 1. The quantitative estimate of drug-likeness (QED) is 0.413. The first-order chi connectivity index (χ1) is 17.1. The molecular formula is C28H37N3O5. The van der Waals surface area contributed by atoms with E-state index in [0.717, 1.165) is 12.8 Å². The molecule has 0 spiro atoms. The molecule has 1 fully saturated rings. The molecule has 2 N–H and O–H groups in total. The Morgan fingerprint density at radius 2 is 1.67 bits per heavy atom. The fraction of sp³-hybridized carbons (Fsp3) is 0.464. The van der Waals surface area contributed by atoms with Gasteiger partial charge in [-0.1, -0.05) is 30.3 Å². The number of hydrogen-bond donors (Lipinski definition) is 2. The minimum Gasteiger partial charge on any atom is -0.444 e. The zero-order valence-electron chi connectivity index (χ0n) is 21.6. The lowest BCUT2D eigenvalue weighted by atomic mass is 9.90. The van der Waals surface area contributed by atoms with Crippen molar-refractivity contribution in [3.8, 4) is 0 Å². The third-order valence-corrected chi connectivity index (χ3v) is 6.27. The zero-order chi connectivity index (χ0) is 26.3. The number of hydrogen-bond acceptors (Lipinski definition) is 6. The number of ketones is 1. The molecule has 0 aliphatic carbocycles. The smallest absolute Gasteiger partial charge is 0.410 e. The Kier molecular flexibility index (Phi) is 9.09. The van der Waals surface area contributed by atoms with E-state index in [1.165, 1.54) is 11.9 Å². The molecule has 8 nitrogen and oxygen atoms in total. The third-order valence-electron chi connectivity index (χ3n) is 6.27. The van der Waals surface area contributed by atoms with Crippen LogP contribution < -0.4 is 10.2 Å². The molecule has 2 aromatic rings. The second-order valence-electron chi connectivity index (χ2n) is 10.1. The van der Waals surface area contributed by atoms with Gasteiger partial charge in [0, 0.05) is 37.8 Å². The standard InChI is InChI=1S/C28H37N3O5/c1-28(2,3)36-27(35)30-18-16-20(17-19-30)14-15-24(32)22-12-8-9-13-23(22)31(26(34)25(33)29-4)21-10-6-5-7-11-21/h5-13,20,26,34H,14-19H2,1-4H3,(H,29,33). The highest BCUT2D eigenvalue weighted by atomic mass is 16.6. The molecule has 36 heavy (non-hydrogen) atoms. The maximum Gasteiger partial charge on any atom is 0.410 e. The number of amides is 2. The van der Waals surface area contributed by atoms with Crippen LogP contribution in [0.5, 0.6) is 0 Å². The van der Waals surface area contributed by atoms with Crippen molar-refractivity contribution >= 4 is 29.2 Å². The summed E-state index contributed by atoms with van der Waals surface area (Å²) in [5.74, 6) is -0.287. The van der Waals surface area contributed by atoms with E-state index in [9.17, 15) is 19.5 Å². The normalized spacial score (nSPS) is 15.2. The second kappa shape index (κ2) is 12.0. The Morgan fingerprint density at radius 3 is 2.28 bits per heavy atom. The van der Waals surface area contributed by atoms with Crippen LogP contribution in [0.1, 0.15) is 56.8 Å². The molecule has 0 saturated carbocycles. The van der Waals surface area contributed by atoms with Crippen LogP contribution in [-0.2, 0) is 9.53 Å². The van der Waals surface area contributed by atoms with Gasteiger partial charge < -0.3 is 25.0 Å². The minimum absolute atomic E-state index is 0.0507. The number of para-hydroxylation sites is 2. The van der Waals surface area contributed by atoms with Crippen LogP contribution >= 0.6 is 0 Å². The van der Waals surface area contributed by atoms with Crippen molar-refractivity contribution in [3.05, 3.63) is 60.2 Å². The maximum atomic E-state index is 13.3. The van der Waals surface area contributed by atoms with Crippen molar-refractivity contribution in [1.29, 1.82) is 0 Å². The molecule has 1 heterocycles. The molecule has 2 amide bonds. The number of anilines is 2. The minimum atomic E-state index is -1.50. The van der Waals surface area contributed by atoms with Gasteiger partial charge in [-0.3, -0.25) is 9.59 Å². The Labute approximate surface area is 213 Å². The molecule has 0 radical (unpaired) electrons. The average Bonchev–Trinajstić information content (AvgIpc) is 2.87. The molecule has 1 saturated heterocycles. The van der Waals surface area contributed by atoms with Gasteiger partial charge in [-0.2, -0.15) is 0 Å². The number of Topliss-reactive ketones (excluding diaryl/α,β-unsaturated/α-hetero) is 1. The van der Waals surface area contributed by atoms with Gasteiger partial charge in [0.1, 0.15) is 5.60 Å². The summed E-state index contributed by atoms with van der Waals surface area (Å²) in [6, 6.07) is 16.1. The SMILES string of the molecule is CNC(=O)C(O)N(c1ccccc1)c1ccccc1C(=O)CCC1CCN(C(=O)OC(C)(C)C)CC1. The van der Waals surface area contributed by atoms with Crippen molar-refractivity contribution in [2.45, 2.75) is 58.3 Å². The lowest BCUT2D eigenvalue weighted by molar-refractivity contribution is -0.128. The molecule has 0 bridgehead atoms. The van der Waals surface area contributed by atoms with Gasteiger partial charge >= 0.3 is 6.09 Å². The van der Waals surface area contributed by atoms with E-state index in [2.05, 4.69) is 5.32 Å². The van der Waals surface area contributed by atoms with E-state index in [1.807, 2.05) is 39.0 Å². The Hall–Kier alpha value is -3.39. The number of carbonyl (C=O) groups is 3. The number of nitrogens with one attached hydrogen (secondary N) is 1. The predicted octanol–water partition coefficient (Wildman–Crippen LogP) is 4.50. The van der Waals surface area contributed by atoms with E-state index in [-0.39, 0.29) is 11.9 Å². The highest BCUT2D eigenvalue weighted by Gasteiger charge is 2.29. The molecule has 3 rings (SSSR count). The first-order valence-corrected chi connectivity index (χ1v) is 12.4. The van der Waals surface area contributed by atoms with E-state index < -0.39 is 17.7 Å². The van der Waals surface area contributed by atoms with Gasteiger partial charge in [0.25, 0.3) is 5.91 Å². The summed E-state index contributed by atoms with van der Waals surface area (Å²) in [6.45, 7) is 6.80. The number of aliphatic hydroxyl groups is 1. The van der Waals surface area contributed by atoms with E-state index >= 15 is 0 Å². The Morgan fingerprint density at radius 1 is 1.06 bits per heavy atom. The summed E-state index contributed by atoms with van der Waals surface area (Å²) in [5, 5.41) is 13.3. The van der Waals surface area contributed by atoms with Crippen LogP contribution in [0.25, 0.3) is 0 Å². The first kappa shape index (κ1) is 27.2. The number of benzene rings is 2. The van der Waals surface area contributed by atoms with E-state index in [1.54, 1.807) is 41.3 Å². The van der Waals surface area contributed by atoms with Crippen LogP contribution in [0.3, 0.4) is 0 Å². The molecule has 1 unspecified atom stereocenters. The van der Waals surface area contributed by atoms with Crippen molar-refractivity contribution in [3.63, 3.8) is 0 Å². The molecule has 1 atom stereocenters. The molecule has 194 valence electrons. The number of nitrogens with zero attached hydrogens (tertiary/aromatic N) is 2. The number of ether oxygens (including phenoxy) is 1. The van der Waals surface area contributed by atoms with Crippen molar-refractivity contribution in [2.24, 2.45) is 5.92 Å². The highest BCUT2D eigenvalue weighted by Crippen LogP contribution is 2.32. The lowest BCUT2D eigenvalue weighted by Gasteiger charge is -2.33. The van der Waals surface area contributed by atoms with Crippen molar-refractivity contribution in [1.82, 2.24) is 10.2 Å². The maximum absolute atomic E-state index is 13.3.